The smallest absolute Gasteiger partial charge is 0.127 e. The van der Waals surface area contributed by atoms with Crippen molar-refractivity contribution in [1.29, 1.82) is 0 Å². The van der Waals surface area contributed by atoms with Crippen molar-refractivity contribution in [1.82, 2.24) is 9.55 Å². The van der Waals surface area contributed by atoms with Crippen LogP contribution in [0.15, 0.2) is 18.2 Å². The van der Waals surface area contributed by atoms with E-state index in [1.54, 1.807) is 7.11 Å². The summed E-state index contributed by atoms with van der Waals surface area (Å²) in [4.78, 5) is 4.64. The van der Waals surface area contributed by atoms with Crippen molar-refractivity contribution in [3.8, 4) is 0 Å². The van der Waals surface area contributed by atoms with Crippen LogP contribution in [-0.2, 0) is 11.3 Å². The zero-order chi connectivity index (χ0) is 12.4. The average molecular weight is 253 g/mol. The predicted octanol–water partition coefficient (Wildman–Crippen LogP) is 3.29. The molecule has 1 aromatic carbocycles. The lowest BCUT2D eigenvalue weighted by Gasteiger charge is -2.09. The van der Waals surface area contributed by atoms with E-state index >= 15 is 0 Å². The van der Waals surface area contributed by atoms with Gasteiger partial charge in [0, 0.05) is 13.7 Å². The second kappa shape index (κ2) is 5.07. The molecule has 3 nitrogen and oxygen atoms in total. The summed E-state index contributed by atoms with van der Waals surface area (Å²) in [5.74, 6) is 0.910. The standard InChI is InChI=1S/C13H17ClN2O/c1-9-5-4-6-11-12(9)15-13(10(2)14)16(11)7-8-17-3/h4-6,10H,7-8H2,1-3H3. The molecule has 4 heteroatoms. The molecule has 0 N–H and O–H groups in total. The normalized spacial score (nSPS) is 13.2. The van der Waals surface area contributed by atoms with Crippen molar-refractivity contribution in [2.75, 3.05) is 13.7 Å². The first-order valence-corrected chi connectivity index (χ1v) is 6.17. The number of para-hydroxylation sites is 1. The van der Waals surface area contributed by atoms with Crippen molar-refractivity contribution >= 4 is 22.6 Å². The lowest BCUT2D eigenvalue weighted by atomic mass is 10.2. The SMILES string of the molecule is COCCn1c(C(C)Cl)nc2c(C)cccc21. The minimum Gasteiger partial charge on any atom is -0.383 e. The van der Waals surface area contributed by atoms with Crippen LogP contribution in [0.25, 0.3) is 11.0 Å². The van der Waals surface area contributed by atoms with Gasteiger partial charge in [-0.25, -0.2) is 4.98 Å². The Bertz CT molecular complexity index is 519. The number of fused-ring (bicyclic) bond motifs is 1. The molecule has 0 bridgehead atoms. The number of alkyl halides is 1. The number of aryl methyl sites for hydroxylation is 1. The van der Waals surface area contributed by atoms with E-state index in [9.17, 15) is 0 Å². The zero-order valence-corrected chi connectivity index (χ0v) is 11.2. The van der Waals surface area contributed by atoms with Gasteiger partial charge < -0.3 is 9.30 Å². The molecule has 0 saturated carbocycles. The van der Waals surface area contributed by atoms with Crippen LogP contribution in [0.4, 0.5) is 0 Å². The van der Waals surface area contributed by atoms with Crippen molar-refractivity contribution in [2.45, 2.75) is 25.8 Å². The Morgan fingerprint density at radius 1 is 1.47 bits per heavy atom. The average Bonchev–Trinajstić information content (AvgIpc) is 2.67. The molecule has 0 aliphatic heterocycles. The van der Waals surface area contributed by atoms with Crippen LogP contribution in [0.1, 0.15) is 23.7 Å². The number of methoxy groups -OCH3 is 1. The molecule has 1 atom stereocenters. The number of aromatic nitrogens is 2. The van der Waals surface area contributed by atoms with Crippen LogP contribution in [-0.4, -0.2) is 23.3 Å². The number of hydrogen-bond acceptors (Lipinski definition) is 2. The van der Waals surface area contributed by atoms with Crippen molar-refractivity contribution < 1.29 is 4.74 Å². The van der Waals surface area contributed by atoms with E-state index < -0.39 is 0 Å². The summed E-state index contributed by atoms with van der Waals surface area (Å²) in [6.07, 6.45) is 0. The van der Waals surface area contributed by atoms with Crippen LogP contribution < -0.4 is 0 Å². The molecule has 0 saturated heterocycles. The van der Waals surface area contributed by atoms with Gasteiger partial charge in [-0.3, -0.25) is 0 Å². The van der Waals surface area contributed by atoms with Gasteiger partial charge in [0.25, 0.3) is 0 Å². The van der Waals surface area contributed by atoms with Crippen LogP contribution in [0.2, 0.25) is 0 Å². The topological polar surface area (TPSA) is 27.1 Å². The third kappa shape index (κ3) is 2.31. The van der Waals surface area contributed by atoms with Gasteiger partial charge in [-0.15, -0.1) is 11.6 Å². The number of hydrogen-bond donors (Lipinski definition) is 0. The minimum atomic E-state index is -0.0985. The quantitative estimate of drug-likeness (QED) is 0.781. The third-order valence-corrected chi connectivity index (χ3v) is 3.08. The van der Waals surface area contributed by atoms with Crippen LogP contribution in [0, 0.1) is 6.92 Å². The van der Waals surface area contributed by atoms with Gasteiger partial charge in [-0.2, -0.15) is 0 Å². The molecular formula is C13H17ClN2O. The molecule has 0 aliphatic rings. The van der Waals surface area contributed by atoms with E-state index in [1.165, 1.54) is 5.56 Å². The molecule has 1 aromatic heterocycles. The van der Waals surface area contributed by atoms with Crippen molar-refractivity contribution in [3.05, 3.63) is 29.6 Å². The minimum absolute atomic E-state index is 0.0985. The molecule has 0 aliphatic carbocycles. The third-order valence-electron chi connectivity index (χ3n) is 2.88. The van der Waals surface area contributed by atoms with Crippen LogP contribution >= 0.6 is 11.6 Å². The molecule has 0 radical (unpaired) electrons. The summed E-state index contributed by atoms with van der Waals surface area (Å²) in [6, 6.07) is 6.19. The summed E-state index contributed by atoms with van der Waals surface area (Å²) in [5, 5.41) is -0.0985. The first kappa shape index (κ1) is 12.4. The molecule has 0 amide bonds. The highest BCUT2D eigenvalue weighted by Crippen LogP contribution is 2.26. The van der Waals surface area contributed by atoms with Gasteiger partial charge in [-0.1, -0.05) is 12.1 Å². The van der Waals surface area contributed by atoms with E-state index in [0.29, 0.717) is 6.61 Å². The Balaban J connectivity index is 2.59. The molecular weight excluding hydrogens is 236 g/mol. The fourth-order valence-electron chi connectivity index (χ4n) is 2.03. The molecule has 92 valence electrons. The van der Waals surface area contributed by atoms with E-state index in [4.69, 9.17) is 16.3 Å². The van der Waals surface area contributed by atoms with Gasteiger partial charge in [0.2, 0.25) is 0 Å². The summed E-state index contributed by atoms with van der Waals surface area (Å²) in [6.45, 7) is 5.46. The highest BCUT2D eigenvalue weighted by Gasteiger charge is 2.15. The van der Waals surface area contributed by atoms with Gasteiger partial charge in [-0.05, 0) is 25.5 Å². The van der Waals surface area contributed by atoms with Crippen molar-refractivity contribution in [2.24, 2.45) is 0 Å². The molecule has 2 rings (SSSR count). The van der Waals surface area contributed by atoms with Gasteiger partial charge in [0.1, 0.15) is 5.82 Å². The molecule has 1 heterocycles. The second-order valence-electron chi connectivity index (χ2n) is 4.17. The second-order valence-corrected chi connectivity index (χ2v) is 4.83. The highest BCUT2D eigenvalue weighted by atomic mass is 35.5. The summed E-state index contributed by atoms with van der Waals surface area (Å²) < 4.78 is 7.28. The highest BCUT2D eigenvalue weighted by molar-refractivity contribution is 6.20. The summed E-state index contributed by atoms with van der Waals surface area (Å²) in [5.41, 5.74) is 3.34. The molecule has 17 heavy (non-hydrogen) atoms. The van der Waals surface area contributed by atoms with Crippen LogP contribution in [0.5, 0.6) is 0 Å². The maximum Gasteiger partial charge on any atom is 0.127 e. The monoisotopic (exact) mass is 252 g/mol. The van der Waals surface area contributed by atoms with E-state index in [0.717, 1.165) is 23.4 Å². The number of nitrogens with zero attached hydrogens (tertiary/aromatic N) is 2. The maximum absolute atomic E-state index is 6.19. The molecule has 0 fully saturated rings. The molecule has 1 unspecified atom stereocenters. The van der Waals surface area contributed by atoms with E-state index in [2.05, 4.69) is 28.6 Å². The van der Waals surface area contributed by atoms with Crippen molar-refractivity contribution in [3.63, 3.8) is 0 Å². The van der Waals surface area contributed by atoms with E-state index in [1.807, 2.05) is 13.0 Å². The van der Waals surface area contributed by atoms with Crippen LogP contribution in [0.3, 0.4) is 0 Å². The number of ether oxygens (including phenoxy) is 1. The number of halogens is 1. The van der Waals surface area contributed by atoms with Gasteiger partial charge in [0.05, 0.1) is 23.0 Å². The largest absolute Gasteiger partial charge is 0.383 e. The Morgan fingerprint density at radius 3 is 2.88 bits per heavy atom. The Morgan fingerprint density at radius 2 is 2.24 bits per heavy atom. The maximum atomic E-state index is 6.19. The lowest BCUT2D eigenvalue weighted by Crippen LogP contribution is -2.08. The summed E-state index contributed by atoms with van der Waals surface area (Å²) >= 11 is 6.19. The lowest BCUT2D eigenvalue weighted by molar-refractivity contribution is 0.187. The summed E-state index contributed by atoms with van der Waals surface area (Å²) in [7, 11) is 1.70. The Kier molecular flexibility index (Phi) is 3.69. The number of imidazole rings is 1. The Labute approximate surface area is 106 Å². The number of rotatable bonds is 4. The number of benzene rings is 1. The first-order valence-electron chi connectivity index (χ1n) is 5.74. The fourth-order valence-corrected chi connectivity index (χ4v) is 2.19. The first-order chi connectivity index (χ1) is 8.15. The predicted molar refractivity (Wildman–Crippen MR) is 70.6 cm³/mol. The van der Waals surface area contributed by atoms with Gasteiger partial charge in [0.15, 0.2) is 0 Å². The van der Waals surface area contributed by atoms with E-state index in [-0.39, 0.29) is 5.38 Å². The molecule has 2 aromatic rings. The Hall–Kier alpha value is -1.06. The van der Waals surface area contributed by atoms with Gasteiger partial charge >= 0.3 is 0 Å². The zero-order valence-electron chi connectivity index (χ0n) is 10.4. The molecule has 0 spiro atoms. The fraction of sp³-hybridized carbons (Fsp3) is 0.462.